The molecule has 1 aliphatic carbocycles. The van der Waals surface area contributed by atoms with Gasteiger partial charge < -0.3 is 18.7 Å². The summed E-state index contributed by atoms with van der Waals surface area (Å²) in [4.78, 5) is 7.90. The van der Waals surface area contributed by atoms with Gasteiger partial charge in [0, 0.05) is 37.1 Å². The third-order valence-corrected chi connectivity index (χ3v) is 11.2. The van der Waals surface area contributed by atoms with Crippen LogP contribution in [0, 0.1) is 6.57 Å². The van der Waals surface area contributed by atoms with Gasteiger partial charge in [-0.1, -0.05) is 32.4 Å². The number of pyridine rings is 1. The third kappa shape index (κ3) is 6.08. The van der Waals surface area contributed by atoms with Gasteiger partial charge in [0.15, 0.2) is 8.32 Å². The van der Waals surface area contributed by atoms with Crippen molar-refractivity contribution >= 4 is 19.9 Å². The topological polar surface area (TPSA) is 62.8 Å². The second-order valence-electron chi connectivity index (χ2n) is 10.1. The van der Waals surface area contributed by atoms with Crippen molar-refractivity contribution in [3.05, 3.63) is 35.0 Å². The van der Waals surface area contributed by atoms with Gasteiger partial charge in [0.1, 0.15) is 16.9 Å². The summed E-state index contributed by atoms with van der Waals surface area (Å²) >= 11 is 6.21. The molecule has 0 radical (unpaired) electrons. The lowest BCUT2D eigenvalue weighted by Crippen LogP contribution is -2.41. The zero-order chi connectivity index (χ0) is 24.4. The van der Waals surface area contributed by atoms with Crippen LogP contribution in [-0.4, -0.2) is 48.4 Å². The van der Waals surface area contributed by atoms with Crippen molar-refractivity contribution in [2.75, 3.05) is 13.2 Å². The van der Waals surface area contributed by atoms with Crippen LogP contribution in [0.1, 0.15) is 53.5 Å². The Morgan fingerprint density at radius 2 is 2.06 bits per heavy atom. The highest BCUT2D eigenvalue weighted by Gasteiger charge is 2.47. The second kappa shape index (κ2) is 10.0. The first kappa shape index (κ1) is 25.5. The number of rotatable bonds is 10. The molecule has 2 unspecified atom stereocenters. The number of hydrogen-bond donors (Lipinski definition) is 0. The normalized spacial score (nSPS) is 19.1. The zero-order valence-corrected chi connectivity index (χ0v) is 22.4. The molecule has 0 saturated heterocycles. The number of halogens is 1. The Morgan fingerprint density at radius 1 is 1.33 bits per heavy atom. The minimum Gasteiger partial charge on any atom is -0.490 e. The standard InChI is InChI=1S/C24H35ClN4O3Si/c1-9-30-23-18(15-29(28-23)20-12-19(20)26-6)17-14-27-22(25)13-21(17)32-16(2)10-11-31-33(7,8)24(3,4)5/h13-16,19-20H,9-12H2,1-5,7-8H3/t16-,19?,20?/m0/s1. The molecule has 0 spiro atoms. The number of ether oxygens (including phenoxy) is 2. The molecule has 0 bridgehead atoms. The SMILES string of the molecule is [C-]#[N+]C1CC1n1cc(-c2cnc(Cl)cc2O[C@@H](C)CCO[Si](C)(C)C(C)(C)C)c(OCC)n1. The molecule has 3 atom stereocenters. The summed E-state index contributed by atoms with van der Waals surface area (Å²) in [7, 11) is -1.80. The molecule has 33 heavy (non-hydrogen) atoms. The molecule has 0 aromatic carbocycles. The van der Waals surface area contributed by atoms with Gasteiger partial charge in [0.25, 0.3) is 0 Å². The van der Waals surface area contributed by atoms with Crippen molar-refractivity contribution in [3.8, 4) is 22.8 Å². The Bertz CT molecular complexity index is 1010. The molecule has 180 valence electrons. The Morgan fingerprint density at radius 3 is 2.67 bits per heavy atom. The van der Waals surface area contributed by atoms with Gasteiger partial charge in [0.05, 0.1) is 24.7 Å². The summed E-state index contributed by atoms with van der Waals surface area (Å²) in [5.74, 6) is 1.14. The third-order valence-electron chi connectivity index (χ3n) is 6.45. The Hall–Kier alpha value is -2.08. The second-order valence-corrected chi connectivity index (χ2v) is 15.3. The fourth-order valence-corrected chi connectivity index (χ4v) is 4.46. The lowest BCUT2D eigenvalue weighted by atomic mass is 10.1. The van der Waals surface area contributed by atoms with Crippen LogP contribution in [0.5, 0.6) is 11.6 Å². The molecule has 0 aliphatic heterocycles. The summed E-state index contributed by atoms with van der Waals surface area (Å²) < 4.78 is 20.3. The van der Waals surface area contributed by atoms with Crippen LogP contribution in [0.3, 0.4) is 0 Å². The average molecular weight is 491 g/mol. The van der Waals surface area contributed by atoms with E-state index in [1.807, 2.05) is 24.7 Å². The van der Waals surface area contributed by atoms with Crippen LogP contribution in [0.4, 0.5) is 0 Å². The van der Waals surface area contributed by atoms with E-state index < -0.39 is 8.32 Å². The molecule has 1 fully saturated rings. The molecule has 0 N–H and O–H groups in total. The van der Waals surface area contributed by atoms with E-state index >= 15 is 0 Å². The number of aromatic nitrogens is 3. The van der Waals surface area contributed by atoms with Crippen LogP contribution in [0.25, 0.3) is 16.0 Å². The van der Waals surface area contributed by atoms with Gasteiger partial charge in [-0.25, -0.2) is 11.6 Å². The Kier molecular flexibility index (Phi) is 7.77. The summed E-state index contributed by atoms with van der Waals surface area (Å²) in [5, 5.41) is 5.13. The fourth-order valence-electron chi connectivity index (χ4n) is 3.25. The van der Waals surface area contributed by atoms with Crippen molar-refractivity contribution in [1.82, 2.24) is 14.8 Å². The molecule has 3 rings (SSSR count). The zero-order valence-electron chi connectivity index (χ0n) is 20.7. The molecule has 1 aliphatic rings. The molecule has 9 heteroatoms. The maximum absolute atomic E-state index is 7.27. The summed E-state index contributed by atoms with van der Waals surface area (Å²) in [6.07, 6.45) is 5.11. The highest BCUT2D eigenvalue weighted by Crippen LogP contribution is 2.43. The van der Waals surface area contributed by atoms with Crippen LogP contribution >= 0.6 is 11.6 Å². The minimum atomic E-state index is -1.80. The van der Waals surface area contributed by atoms with E-state index in [1.165, 1.54) is 0 Å². The smallest absolute Gasteiger partial charge is 0.248 e. The lowest BCUT2D eigenvalue weighted by molar-refractivity contribution is 0.171. The predicted molar refractivity (Wildman–Crippen MR) is 134 cm³/mol. The van der Waals surface area contributed by atoms with Crippen molar-refractivity contribution < 1.29 is 13.9 Å². The van der Waals surface area contributed by atoms with E-state index in [9.17, 15) is 0 Å². The van der Waals surface area contributed by atoms with Gasteiger partial charge in [0.2, 0.25) is 11.9 Å². The Labute approximate surface area is 203 Å². The molecular weight excluding hydrogens is 456 g/mol. The van der Waals surface area contributed by atoms with Gasteiger partial charge in [-0.2, -0.15) is 0 Å². The molecular formula is C24H35ClN4O3Si. The Balaban J connectivity index is 1.78. The summed E-state index contributed by atoms with van der Waals surface area (Å²) in [6, 6.07) is 1.80. The van der Waals surface area contributed by atoms with Crippen LogP contribution < -0.4 is 9.47 Å². The van der Waals surface area contributed by atoms with E-state index in [0.29, 0.717) is 30.0 Å². The van der Waals surface area contributed by atoms with Crippen molar-refractivity contribution in [2.45, 2.75) is 83.8 Å². The summed E-state index contributed by atoms with van der Waals surface area (Å²) in [6.45, 7) is 23.6. The molecule has 0 amide bonds. The van der Waals surface area contributed by atoms with Crippen molar-refractivity contribution in [3.63, 3.8) is 0 Å². The van der Waals surface area contributed by atoms with E-state index in [-0.39, 0.29) is 23.2 Å². The highest BCUT2D eigenvalue weighted by atomic mass is 35.5. The molecule has 2 aromatic rings. The van der Waals surface area contributed by atoms with Gasteiger partial charge in [-0.05, 0) is 32.0 Å². The van der Waals surface area contributed by atoms with Crippen molar-refractivity contribution in [1.29, 1.82) is 0 Å². The highest BCUT2D eigenvalue weighted by molar-refractivity contribution is 6.74. The maximum Gasteiger partial charge on any atom is 0.248 e. The van der Waals surface area contributed by atoms with E-state index in [1.54, 1.807) is 12.3 Å². The number of hydrogen-bond acceptors (Lipinski definition) is 5. The van der Waals surface area contributed by atoms with Crippen molar-refractivity contribution in [2.24, 2.45) is 0 Å². The number of nitrogens with zero attached hydrogens (tertiary/aromatic N) is 4. The van der Waals surface area contributed by atoms with E-state index in [4.69, 9.17) is 32.1 Å². The minimum absolute atomic E-state index is 0.0211. The van der Waals surface area contributed by atoms with Gasteiger partial charge >= 0.3 is 0 Å². The fraction of sp³-hybridized carbons (Fsp3) is 0.625. The van der Waals surface area contributed by atoms with Crippen LogP contribution in [-0.2, 0) is 4.43 Å². The molecule has 1 saturated carbocycles. The monoisotopic (exact) mass is 490 g/mol. The predicted octanol–water partition coefficient (Wildman–Crippen LogP) is 6.41. The summed E-state index contributed by atoms with van der Waals surface area (Å²) in [5.41, 5.74) is 1.56. The largest absolute Gasteiger partial charge is 0.490 e. The van der Waals surface area contributed by atoms with Crippen LogP contribution in [0.2, 0.25) is 23.3 Å². The molecule has 2 heterocycles. The molecule has 7 nitrogen and oxygen atoms in total. The average Bonchev–Trinajstić information content (AvgIpc) is 3.40. The van der Waals surface area contributed by atoms with E-state index in [0.717, 1.165) is 24.0 Å². The van der Waals surface area contributed by atoms with Crippen LogP contribution in [0.15, 0.2) is 18.5 Å². The van der Waals surface area contributed by atoms with E-state index in [2.05, 4.69) is 48.8 Å². The lowest BCUT2D eigenvalue weighted by Gasteiger charge is -2.36. The first-order valence-corrected chi connectivity index (χ1v) is 14.8. The molecule has 2 aromatic heterocycles. The van der Waals surface area contributed by atoms with Gasteiger partial charge in [-0.3, -0.25) is 4.68 Å². The van der Waals surface area contributed by atoms with Gasteiger partial charge in [-0.15, -0.1) is 5.10 Å². The first-order valence-electron chi connectivity index (χ1n) is 11.5. The first-order chi connectivity index (χ1) is 15.5. The quantitative estimate of drug-likeness (QED) is 0.219. The maximum atomic E-state index is 7.27.